The topological polar surface area (TPSA) is 82.1 Å². The van der Waals surface area contributed by atoms with Crippen LogP contribution >= 0.6 is 0 Å². The van der Waals surface area contributed by atoms with Crippen LogP contribution in [0.15, 0.2) is 0 Å². The van der Waals surface area contributed by atoms with E-state index in [1.165, 1.54) is 0 Å². The van der Waals surface area contributed by atoms with Gasteiger partial charge in [0.1, 0.15) is 6.10 Å². The van der Waals surface area contributed by atoms with Gasteiger partial charge in [0.25, 0.3) is 11.8 Å². The molecule has 0 saturated carbocycles. The summed E-state index contributed by atoms with van der Waals surface area (Å²) in [6, 6.07) is 0. The lowest BCUT2D eigenvalue weighted by molar-refractivity contribution is -0.178. The van der Waals surface area contributed by atoms with Gasteiger partial charge in [-0.1, -0.05) is 5.06 Å². The number of carbonyl (C=O) groups excluding carboxylic acids is 3. The van der Waals surface area contributed by atoms with Gasteiger partial charge in [-0.25, -0.2) is 4.79 Å². The quantitative estimate of drug-likeness (QED) is 0.493. The zero-order valence-electron chi connectivity index (χ0n) is 12.1. The summed E-state index contributed by atoms with van der Waals surface area (Å²) in [4.78, 5) is 38.2. The van der Waals surface area contributed by atoms with Gasteiger partial charge < -0.3 is 9.47 Å². The van der Waals surface area contributed by atoms with Crippen LogP contribution in [0, 0.1) is 0 Å². The summed E-state index contributed by atoms with van der Waals surface area (Å²) < 4.78 is 38.3. The molecule has 2 heterocycles. The van der Waals surface area contributed by atoms with Gasteiger partial charge in [-0.15, -0.1) is 0 Å². The predicted molar refractivity (Wildman–Crippen MR) is 47.9 cm³/mol. The predicted octanol–water partition coefficient (Wildman–Crippen LogP) is -0.00750. The van der Waals surface area contributed by atoms with Gasteiger partial charge in [-0.3, -0.25) is 14.4 Å². The van der Waals surface area contributed by atoms with Gasteiger partial charge in [0.15, 0.2) is 0 Å². The number of nitrogens with zero attached hydrogens (tertiary/aromatic N) is 1. The summed E-state index contributed by atoms with van der Waals surface area (Å²) in [5.74, 6) is -1.40. The van der Waals surface area contributed by atoms with Crippen molar-refractivity contribution in [1.82, 2.24) is 5.06 Å². The molecule has 2 amide bonds. The molecular formula is C9H11NO6. The number of imide groups is 1. The Morgan fingerprint density at radius 2 is 2.12 bits per heavy atom. The van der Waals surface area contributed by atoms with Crippen LogP contribution < -0.4 is 0 Å². The molecule has 16 heavy (non-hydrogen) atoms. The minimum atomic E-state index is -2.53. The smallest absolute Gasteiger partial charge is 0.427 e. The number of carbonyl (C=O) groups is 3. The summed E-state index contributed by atoms with van der Waals surface area (Å²) in [5.41, 5.74) is 0. The second kappa shape index (κ2) is 4.48. The Morgan fingerprint density at radius 3 is 2.69 bits per heavy atom. The Kier molecular flexibility index (Phi) is 1.92. The van der Waals surface area contributed by atoms with Crippen molar-refractivity contribution in [2.45, 2.75) is 25.4 Å². The molecular weight excluding hydrogens is 218 g/mol. The molecule has 0 aromatic carbocycles. The Hall–Kier alpha value is -1.63. The lowest BCUT2D eigenvalue weighted by Gasteiger charge is -2.14. The molecule has 1 atom stereocenters. The van der Waals surface area contributed by atoms with Crippen LogP contribution in [0.25, 0.3) is 0 Å². The normalized spacial score (nSPS) is 35.0. The molecule has 0 N–H and O–H groups in total. The molecule has 0 aromatic rings. The van der Waals surface area contributed by atoms with Gasteiger partial charge in [-0.2, -0.15) is 0 Å². The third-order valence-corrected chi connectivity index (χ3v) is 1.94. The lowest BCUT2D eigenvalue weighted by atomic mass is 10.3. The highest BCUT2D eigenvalue weighted by atomic mass is 16.8. The minimum absolute atomic E-state index is 0.0813. The summed E-state index contributed by atoms with van der Waals surface area (Å²) in [5, 5.41) is 0.252. The van der Waals surface area contributed by atoms with Crippen molar-refractivity contribution in [3.05, 3.63) is 0 Å². The molecule has 2 fully saturated rings. The van der Waals surface area contributed by atoms with Crippen LogP contribution in [0.4, 0.5) is 4.79 Å². The molecule has 0 radical (unpaired) electrons. The van der Waals surface area contributed by atoms with Crippen LogP contribution in [0.5, 0.6) is 0 Å². The van der Waals surface area contributed by atoms with Gasteiger partial charge >= 0.3 is 6.16 Å². The zero-order valence-corrected chi connectivity index (χ0v) is 8.10. The van der Waals surface area contributed by atoms with E-state index in [4.69, 9.17) is 5.48 Å². The highest BCUT2D eigenvalue weighted by Gasteiger charge is 2.34. The molecule has 2 aliphatic rings. The van der Waals surface area contributed by atoms with E-state index in [-0.39, 0.29) is 17.9 Å². The van der Waals surface area contributed by atoms with Crippen molar-refractivity contribution >= 4 is 18.0 Å². The van der Waals surface area contributed by atoms with E-state index in [0.29, 0.717) is 0 Å². The monoisotopic (exact) mass is 233 g/mol. The van der Waals surface area contributed by atoms with Crippen molar-refractivity contribution in [3.8, 4) is 0 Å². The van der Waals surface area contributed by atoms with E-state index >= 15 is 0 Å². The lowest BCUT2D eigenvalue weighted by Crippen LogP contribution is -2.33. The number of ether oxygens (including phenoxy) is 2. The second-order valence-corrected chi connectivity index (χ2v) is 3.10. The first kappa shape index (κ1) is 6.85. The van der Waals surface area contributed by atoms with Gasteiger partial charge in [0.2, 0.25) is 0 Å². The van der Waals surface area contributed by atoms with E-state index < -0.39 is 43.6 Å². The maximum absolute atomic E-state index is 11.4. The fourth-order valence-corrected chi connectivity index (χ4v) is 1.20. The molecule has 0 aromatic heterocycles. The first-order valence-electron chi connectivity index (χ1n) is 6.55. The Morgan fingerprint density at radius 1 is 1.44 bits per heavy atom. The number of hydrogen-bond acceptors (Lipinski definition) is 6. The highest BCUT2D eigenvalue weighted by Crippen LogP contribution is 2.14. The van der Waals surface area contributed by atoms with Crippen molar-refractivity contribution < 1.29 is 34.2 Å². The summed E-state index contributed by atoms with van der Waals surface area (Å²) in [6.45, 7) is -4.81. The second-order valence-electron chi connectivity index (χ2n) is 3.10. The SMILES string of the molecule is [2H]C1([2H])C[C@@H](OC(=O)ON2C(=O)CCC2=O)C([2H])([2H])O1. The molecule has 7 nitrogen and oxygen atoms in total. The van der Waals surface area contributed by atoms with E-state index in [9.17, 15) is 14.4 Å². The third kappa shape index (κ3) is 2.30. The molecule has 7 heteroatoms. The van der Waals surface area contributed by atoms with E-state index in [1.807, 2.05) is 0 Å². The van der Waals surface area contributed by atoms with Gasteiger partial charge in [0.05, 0.1) is 18.6 Å². The number of amides is 2. The third-order valence-electron chi connectivity index (χ3n) is 1.94. The summed E-state index contributed by atoms with van der Waals surface area (Å²) in [6.07, 6.45) is -3.71. The zero-order chi connectivity index (χ0) is 15.1. The van der Waals surface area contributed by atoms with Crippen LogP contribution in [0.1, 0.15) is 24.7 Å². The maximum Gasteiger partial charge on any atom is 0.534 e. The standard InChI is InChI=1S/C9H11NO6/c11-7-1-2-8(12)10(7)16-9(13)15-6-3-4-14-5-6/h6H,1-5H2/t6-/m1/s1/i4D2,5D2. The largest absolute Gasteiger partial charge is 0.534 e. The van der Waals surface area contributed by atoms with Crippen LogP contribution in [-0.2, 0) is 23.9 Å². The molecule has 0 bridgehead atoms. The van der Waals surface area contributed by atoms with Crippen molar-refractivity contribution in [3.63, 3.8) is 0 Å². The van der Waals surface area contributed by atoms with E-state index in [1.54, 1.807) is 0 Å². The minimum Gasteiger partial charge on any atom is -0.427 e. The first-order chi connectivity index (χ1) is 9.11. The average Bonchev–Trinajstić information content (AvgIpc) is 2.68. The Labute approximate surface area is 96.8 Å². The van der Waals surface area contributed by atoms with Crippen molar-refractivity contribution in [2.24, 2.45) is 0 Å². The van der Waals surface area contributed by atoms with Gasteiger partial charge in [-0.05, 0) is 0 Å². The fourth-order valence-electron chi connectivity index (χ4n) is 1.20. The van der Waals surface area contributed by atoms with E-state index in [0.717, 1.165) is 0 Å². The van der Waals surface area contributed by atoms with Crippen LogP contribution in [-0.4, -0.2) is 42.3 Å². The summed E-state index contributed by atoms with van der Waals surface area (Å²) in [7, 11) is 0. The summed E-state index contributed by atoms with van der Waals surface area (Å²) >= 11 is 0. The number of hydroxylamine groups is 2. The molecule has 2 rings (SSSR count). The van der Waals surface area contributed by atoms with Crippen molar-refractivity contribution in [2.75, 3.05) is 13.1 Å². The van der Waals surface area contributed by atoms with Crippen LogP contribution in [0.2, 0.25) is 0 Å². The number of hydrogen-bond donors (Lipinski definition) is 0. The Balaban J connectivity index is 1.95. The van der Waals surface area contributed by atoms with E-state index in [2.05, 4.69) is 14.3 Å². The molecule has 2 aliphatic heterocycles. The first-order valence-corrected chi connectivity index (χ1v) is 4.55. The Bertz CT molecular complexity index is 451. The maximum atomic E-state index is 11.4. The molecule has 2 saturated heterocycles. The molecule has 0 aliphatic carbocycles. The fraction of sp³-hybridized carbons (Fsp3) is 0.667. The number of rotatable bonds is 2. The molecule has 0 spiro atoms. The van der Waals surface area contributed by atoms with Crippen molar-refractivity contribution in [1.29, 1.82) is 0 Å². The average molecular weight is 233 g/mol. The molecule has 0 unspecified atom stereocenters. The van der Waals surface area contributed by atoms with Gasteiger partial charge in [0, 0.05) is 19.3 Å². The van der Waals surface area contributed by atoms with Crippen LogP contribution in [0.3, 0.4) is 0 Å². The highest BCUT2D eigenvalue weighted by molar-refractivity contribution is 6.01. The molecule has 88 valence electrons.